The molecule has 0 saturated carbocycles. The second kappa shape index (κ2) is 5.68. The number of carbonyl (C=O) groups is 1. The molecule has 1 aromatic heterocycles. The van der Waals surface area contributed by atoms with Crippen LogP contribution in [-0.2, 0) is 4.74 Å². The van der Waals surface area contributed by atoms with Gasteiger partial charge in [-0.25, -0.2) is 13.6 Å². The first kappa shape index (κ1) is 14.6. The van der Waals surface area contributed by atoms with Crippen molar-refractivity contribution in [3.05, 3.63) is 38.7 Å². The molecule has 0 aliphatic carbocycles. The molecule has 0 amide bonds. The third kappa shape index (κ3) is 2.56. The SMILES string of the molecule is CCOC(=O)c1sc(=S)n(-c2ccc(F)cc2F)c1N. The monoisotopic (exact) mass is 316 g/mol. The minimum atomic E-state index is -0.819. The lowest BCUT2D eigenvalue weighted by atomic mass is 10.3. The Bertz CT molecular complexity index is 725. The maximum Gasteiger partial charge on any atom is 0.352 e. The van der Waals surface area contributed by atoms with E-state index in [9.17, 15) is 13.6 Å². The summed E-state index contributed by atoms with van der Waals surface area (Å²) in [6.07, 6.45) is 0. The highest BCUT2D eigenvalue weighted by Gasteiger charge is 2.20. The number of nitrogen functional groups attached to an aromatic ring is 1. The van der Waals surface area contributed by atoms with E-state index in [2.05, 4.69) is 0 Å². The summed E-state index contributed by atoms with van der Waals surface area (Å²) in [5, 5.41) is 0. The molecule has 0 aliphatic heterocycles. The molecule has 2 rings (SSSR count). The molecule has 0 atom stereocenters. The molecule has 4 nitrogen and oxygen atoms in total. The molecule has 0 unspecified atom stereocenters. The van der Waals surface area contributed by atoms with Crippen molar-refractivity contribution in [2.45, 2.75) is 6.92 Å². The summed E-state index contributed by atoms with van der Waals surface area (Å²) in [6.45, 7) is 1.85. The van der Waals surface area contributed by atoms with E-state index in [-0.39, 0.29) is 26.9 Å². The molecular formula is C12H10F2N2O2S2. The van der Waals surface area contributed by atoms with Gasteiger partial charge in [0.15, 0.2) is 8.83 Å². The van der Waals surface area contributed by atoms with Gasteiger partial charge in [-0.15, -0.1) is 0 Å². The number of hydrogen-bond acceptors (Lipinski definition) is 5. The summed E-state index contributed by atoms with van der Waals surface area (Å²) in [5.41, 5.74) is 5.81. The quantitative estimate of drug-likeness (QED) is 0.697. The first-order valence-corrected chi connectivity index (χ1v) is 6.82. The maximum atomic E-state index is 13.8. The van der Waals surface area contributed by atoms with Crippen LogP contribution in [0.2, 0.25) is 0 Å². The summed E-state index contributed by atoms with van der Waals surface area (Å²) in [6, 6.07) is 3.01. The number of benzene rings is 1. The first-order valence-electron chi connectivity index (χ1n) is 5.59. The van der Waals surface area contributed by atoms with Gasteiger partial charge < -0.3 is 10.5 Å². The molecule has 106 valence electrons. The Labute approximate surface area is 122 Å². The van der Waals surface area contributed by atoms with Crippen LogP contribution >= 0.6 is 23.6 Å². The van der Waals surface area contributed by atoms with Crippen LogP contribution in [0, 0.1) is 15.6 Å². The van der Waals surface area contributed by atoms with Gasteiger partial charge in [0.05, 0.1) is 12.3 Å². The van der Waals surface area contributed by atoms with Gasteiger partial charge in [-0.1, -0.05) is 11.3 Å². The lowest BCUT2D eigenvalue weighted by molar-refractivity contribution is 0.0533. The van der Waals surface area contributed by atoms with Gasteiger partial charge >= 0.3 is 5.97 Å². The molecule has 0 fully saturated rings. The summed E-state index contributed by atoms with van der Waals surface area (Å²) < 4.78 is 32.9. The second-order valence-corrected chi connectivity index (χ2v) is 5.38. The highest BCUT2D eigenvalue weighted by molar-refractivity contribution is 7.73. The molecule has 2 aromatic rings. The number of halogens is 2. The number of thiazole rings is 1. The van der Waals surface area contributed by atoms with E-state index in [4.69, 9.17) is 22.7 Å². The van der Waals surface area contributed by atoms with Crippen molar-refractivity contribution >= 4 is 35.3 Å². The van der Waals surface area contributed by atoms with Crippen LogP contribution in [0.25, 0.3) is 5.69 Å². The smallest absolute Gasteiger partial charge is 0.352 e. The van der Waals surface area contributed by atoms with Crippen molar-refractivity contribution in [3.63, 3.8) is 0 Å². The fraction of sp³-hybridized carbons (Fsp3) is 0.167. The van der Waals surface area contributed by atoms with Crippen molar-refractivity contribution in [1.82, 2.24) is 4.57 Å². The number of esters is 1. The minimum absolute atomic E-state index is 0.0132. The lowest BCUT2D eigenvalue weighted by Gasteiger charge is -2.07. The molecule has 2 N–H and O–H groups in total. The second-order valence-electron chi connectivity index (χ2n) is 3.73. The van der Waals surface area contributed by atoms with Gasteiger partial charge in [-0.2, -0.15) is 0 Å². The molecular weight excluding hydrogens is 306 g/mol. The number of ether oxygens (including phenoxy) is 1. The van der Waals surface area contributed by atoms with E-state index < -0.39 is 17.6 Å². The van der Waals surface area contributed by atoms with Crippen molar-refractivity contribution in [2.75, 3.05) is 12.3 Å². The maximum absolute atomic E-state index is 13.8. The van der Waals surface area contributed by atoms with E-state index in [1.807, 2.05) is 0 Å². The Morgan fingerprint density at radius 3 is 2.80 bits per heavy atom. The molecule has 1 heterocycles. The summed E-state index contributed by atoms with van der Waals surface area (Å²) in [5.74, 6) is -2.18. The van der Waals surface area contributed by atoms with Gasteiger partial charge in [0.2, 0.25) is 0 Å². The largest absolute Gasteiger partial charge is 0.462 e. The minimum Gasteiger partial charge on any atom is -0.462 e. The average molecular weight is 316 g/mol. The van der Waals surface area contributed by atoms with Crippen molar-refractivity contribution in [1.29, 1.82) is 0 Å². The number of nitrogens with two attached hydrogens (primary N) is 1. The van der Waals surface area contributed by atoms with Crippen LogP contribution in [0.15, 0.2) is 18.2 Å². The molecule has 0 bridgehead atoms. The zero-order chi connectivity index (χ0) is 14.9. The topological polar surface area (TPSA) is 57.2 Å². The van der Waals surface area contributed by atoms with Gasteiger partial charge in [-0.05, 0) is 31.3 Å². The zero-order valence-corrected chi connectivity index (χ0v) is 12.0. The van der Waals surface area contributed by atoms with E-state index in [1.54, 1.807) is 6.92 Å². The molecule has 1 aromatic carbocycles. The predicted molar refractivity (Wildman–Crippen MR) is 74.8 cm³/mol. The predicted octanol–water partition coefficient (Wildman–Crippen LogP) is 3.31. The molecule has 0 spiro atoms. The first-order chi connectivity index (χ1) is 9.45. The van der Waals surface area contributed by atoms with E-state index in [1.165, 1.54) is 10.6 Å². The highest BCUT2D eigenvalue weighted by atomic mass is 32.1. The molecule has 0 aliphatic rings. The fourth-order valence-electron chi connectivity index (χ4n) is 1.62. The summed E-state index contributed by atoms with van der Waals surface area (Å²) >= 11 is 5.99. The van der Waals surface area contributed by atoms with Crippen molar-refractivity contribution in [3.8, 4) is 5.69 Å². The van der Waals surface area contributed by atoms with Crippen LogP contribution in [0.1, 0.15) is 16.6 Å². The Balaban J connectivity index is 2.58. The van der Waals surface area contributed by atoms with Crippen LogP contribution < -0.4 is 5.73 Å². The summed E-state index contributed by atoms with van der Waals surface area (Å²) in [4.78, 5) is 11.8. The average Bonchev–Trinajstić information content (AvgIpc) is 2.66. The number of nitrogens with zero attached hydrogens (tertiary/aromatic N) is 1. The third-order valence-corrected chi connectivity index (χ3v) is 3.83. The number of anilines is 1. The van der Waals surface area contributed by atoms with Crippen LogP contribution in [0.5, 0.6) is 0 Å². The normalized spacial score (nSPS) is 10.6. The molecule has 0 saturated heterocycles. The van der Waals surface area contributed by atoms with Crippen LogP contribution in [0.4, 0.5) is 14.6 Å². The number of rotatable bonds is 3. The Hall–Kier alpha value is -1.80. The van der Waals surface area contributed by atoms with Crippen LogP contribution in [0.3, 0.4) is 0 Å². The van der Waals surface area contributed by atoms with Gasteiger partial charge in [-0.3, -0.25) is 4.57 Å². The number of carbonyl (C=O) groups excluding carboxylic acids is 1. The zero-order valence-electron chi connectivity index (χ0n) is 10.4. The van der Waals surface area contributed by atoms with Gasteiger partial charge in [0.25, 0.3) is 0 Å². The standard InChI is InChI=1S/C12H10F2N2O2S2/c1-2-18-11(17)9-10(15)16(12(19)20-9)8-4-3-6(13)5-7(8)14/h3-5H,2,15H2,1H3. The van der Waals surface area contributed by atoms with Crippen molar-refractivity contribution < 1.29 is 18.3 Å². The highest BCUT2D eigenvalue weighted by Crippen LogP contribution is 2.28. The fourth-order valence-corrected chi connectivity index (χ4v) is 2.87. The lowest BCUT2D eigenvalue weighted by Crippen LogP contribution is -2.09. The Kier molecular flexibility index (Phi) is 4.15. The number of aromatic nitrogens is 1. The van der Waals surface area contributed by atoms with Crippen LogP contribution in [-0.4, -0.2) is 17.1 Å². The molecule has 20 heavy (non-hydrogen) atoms. The van der Waals surface area contributed by atoms with Gasteiger partial charge in [0, 0.05) is 6.07 Å². The van der Waals surface area contributed by atoms with E-state index >= 15 is 0 Å². The number of hydrogen-bond donors (Lipinski definition) is 1. The third-order valence-electron chi connectivity index (χ3n) is 2.46. The van der Waals surface area contributed by atoms with E-state index in [0.29, 0.717) is 0 Å². The van der Waals surface area contributed by atoms with Gasteiger partial charge in [0.1, 0.15) is 17.5 Å². The van der Waals surface area contributed by atoms with Crippen molar-refractivity contribution in [2.24, 2.45) is 0 Å². The Morgan fingerprint density at radius 2 is 2.20 bits per heavy atom. The summed E-state index contributed by atoms with van der Waals surface area (Å²) in [7, 11) is 0. The van der Waals surface area contributed by atoms with E-state index in [0.717, 1.165) is 23.5 Å². The Morgan fingerprint density at radius 1 is 1.50 bits per heavy atom. The molecule has 0 radical (unpaired) electrons. The molecule has 8 heteroatoms.